The van der Waals surface area contributed by atoms with Gasteiger partial charge in [-0.25, -0.2) is 14.6 Å². The Morgan fingerprint density at radius 2 is 1.91 bits per heavy atom. The molecule has 0 aliphatic carbocycles. The van der Waals surface area contributed by atoms with Gasteiger partial charge < -0.3 is 14.8 Å². The molecule has 0 bridgehead atoms. The molecule has 6 nitrogen and oxygen atoms in total. The van der Waals surface area contributed by atoms with Crippen LogP contribution in [0.25, 0.3) is 0 Å². The molecular formula is C17H26N2O4. The van der Waals surface area contributed by atoms with E-state index in [1.807, 2.05) is 19.9 Å². The number of carbonyl (C=O) groups excluding carboxylic acids is 2. The van der Waals surface area contributed by atoms with E-state index in [0.717, 1.165) is 5.56 Å². The van der Waals surface area contributed by atoms with Gasteiger partial charge in [-0.1, -0.05) is 19.9 Å². The largest absolute Gasteiger partial charge is 0.461 e. The average molecular weight is 322 g/mol. The first kappa shape index (κ1) is 18.9. The van der Waals surface area contributed by atoms with E-state index in [9.17, 15) is 9.59 Å². The van der Waals surface area contributed by atoms with Crippen LogP contribution >= 0.6 is 0 Å². The summed E-state index contributed by atoms with van der Waals surface area (Å²) in [6.07, 6.45) is -0.523. The molecule has 23 heavy (non-hydrogen) atoms. The Labute approximate surface area is 137 Å². The maximum Gasteiger partial charge on any atom is 0.407 e. The van der Waals surface area contributed by atoms with Gasteiger partial charge in [0.25, 0.3) is 0 Å². The Balaban J connectivity index is 2.87. The number of pyridine rings is 1. The van der Waals surface area contributed by atoms with Gasteiger partial charge in [0.2, 0.25) is 0 Å². The Bertz CT molecular complexity index is 562. The summed E-state index contributed by atoms with van der Waals surface area (Å²) in [6.45, 7) is 11.6. The van der Waals surface area contributed by atoms with Crippen molar-refractivity contribution in [2.75, 3.05) is 6.61 Å². The number of alkyl carbamates (subject to hydrolysis) is 1. The highest BCUT2D eigenvalue weighted by atomic mass is 16.6. The average Bonchev–Trinajstić information content (AvgIpc) is 2.43. The lowest BCUT2D eigenvalue weighted by Crippen LogP contribution is -2.32. The number of rotatable bonds is 5. The van der Waals surface area contributed by atoms with Crippen LogP contribution in [0.2, 0.25) is 0 Å². The maximum atomic E-state index is 12.1. The van der Waals surface area contributed by atoms with Crippen molar-refractivity contribution in [1.29, 1.82) is 0 Å². The van der Waals surface area contributed by atoms with E-state index in [0.29, 0.717) is 18.0 Å². The van der Waals surface area contributed by atoms with Crippen LogP contribution in [0.5, 0.6) is 0 Å². The number of amides is 1. The molecule has 0 aliphatic rings. The number of hydrogen-bond acceptors (Lipinski definition) is 5. The van der Waals surface area contributed by atoms with Gasteiger partial charge in [0.1, 0.15) is 5.60 Å². The minimum absolute atomic E-state index is 0.148. The van der Waals surface area contributed by atoms with Gasteiger partial charge in [0.15, 0.2) is 5.69 Å². The number of hydrogen-bond donors (Lipinski definition) is 1. The molecule has 0 unspecified atom stereocenters. The fourth-order valence-corrected chi connectivity index (χ4v) is 1.91. The first-order valence-corrected chi connectivity index (χ1v) is 7.77. The van der Waals surface area contributed by atoms with E-state index >= 15 is 0 Å². The minimum Gasteiger partial charge on any atom is -0.461 e. The molecule has 0 aromatic carbocycles. The van der Waals surface area contributed by atoms with E-state index in [2.05, 4.69) is 10.3 Å². The summed E-state index contributed by atoms with van der Waals surface area (Å²) >= 11 is 0. The lowest BCUT2D eigenvalue weighted by molar-refractivity contribution is 0.0514. The number of carbonyl (C=O) groups is 2. The highest BCUT2D eigenvalue weighted by molar-refractivity contribution is 5.89. The quantitative estimate of drug-likeness (QED) is 0.841. The maximum absolute atomic E-state index is 12.1. The molecular weight excluding hydrogens is 296 g/mol. The van der Waals surface area contributed by atoms with Crippen LogP contribution in [0, 0.1) is 0 Å². The van der Waals surface area contributed by atoms with Gasteiger partial charge in [-0.2, -0.15) is 0 Å². The molecule has 6 heteroatoms. The van der Waals surface area contributed by atoms with Crippen molar-refractivity contribution >= 4 is 12.1 Å². The van der Waals surface area contributed by atoms with Gasteiger partial charge in [0, 0.05) is 0 Å². The molecule has 1 amide bonds. The zero-order valence-electron chi connectivity index (χ0n) is 14.7. The van der Waals surface area contributed by atoms with Crippen LogP contribution in [0.4, 0.5) is 4.79 Å². The van der Waals surface area contributed by atoms with Crippen molar-refractivity contribution in [2.45, 2.75) is 59.6 Å². The number of nitrogens with zero attached hydrogens (tertiary/aromatic N) is 1. The Morgan fingerprint density at radius 1 is 1.26 bits per heavy atom. The molecule has 0 saturated heterocycles. The fraction of sp³-hybridized carbons (Fsp3) is 0.588. The normalized spacial score (nSPS) is 11.3. The van der Waals surface area contributed by atoms with E-state index in [-0.39, 0.29) is 12.5 Å². The molecule has 0 fully saturated rings. The van der Waals surface area contributed by atoms with Crippen LogP contribution in [0.15, 0.2) is 12.1 Å². The van der Waals surface area contributed by atoms with Gasteiger partial charge in [-0.15, -0.1) is 0 Å². The Hall–Kier alpha value is -2.11. The van der Waals surface area contributed by atoms with E-state index in [4.69, 9.17) is 9.47 Å². The summed E-state index contributed by atoms with van der Waals surface area (Å²) in [5.74, 6) is -0.301. The van der Waals surface area contributed by atoms with Crippen molar-refractivity contribution in [3.8, 4) is 0 Å². The summed E-state index contributed by atoms with van der Waals surface area (Å²) < 4.78 is 10.2. The number of nitrogens with one attached hydrogen (secondary N) is 1. The second-order valence-electron chi connectivity index (χ2n) is 6.47. The Kier molecular flexibility index (Phi) is 6.54. The van der Waals surface area contributed by atoms with Gasteiger partial charge >= 0.3 is 12.1 Å². The lowest BCUT2D eigenvalue weighted by Gasteiger charge is -2.19. The molecule has 0 atom stereocenters. The second kappa shape index (κ2) is 7.94. The van der Waals surface area contributed by atoms with E-state index in [1.165, 1.54) is 0 Å². The topological polar surface area (TPSA) is 77.5 Å². The molecule has 1 heterocycles. The predicted molar refractivity (Wildman–Crippen MR) is 87.4 cm³/mol. The second-order valence-corrected chi connectivity index (χ2v) is 6.47. The van der Waals surface area contributed by atoms with Crippen LogP contribution in [0.3, 0.4) is 0 Å². The molecule has 0 spiro atoms. The van der Waals surface area contributed by atoms with Gasteiger partial charge in [0.05, 0.1) is 18.8 Å². The zero-order valence-corrected chi connectivity index (χ0v) is 14.7. The summed E-state index contributed by atoms with van der Waals surface area (Å²) in [6, 6.07) is 3.63. The minimum atomic E-state index is -0.560. The standard InChI is InChI=1S/C17H26N2O4/c1-7-22-15(20)14-13(11(2)3)9-8-12(19-14)10-18-16(21)23-17(4,5)6/h8-9,11H,7,10H2,1-6H3,(H,18,21). The first-order chi connectivity index (χ1) is 10.6. The smallest absolute Gasteiger partial charge is 0.407 e. The number of esters is 1. The SMILES string of the molecule is CCOC(=O)c1nc(CNC(=O)OC(C)(C)C)ccc1C(C)C. The third-order valence-electron chi connectivity index (χ3n) is 2.89. The first-order valence-electron chi connectivity index (χ1n) is 7.77. The molecule has 0 radical (unpaired) electrons. The monoisotopic (exact) mass is 322 g/mol. The Morgan fingerprint density at radius 3 is 2.43 bits per heavy atom. The highest BCUT2D eigenvalue weighted by Crippen LogP contribution is 2.19. The van der Waals surface area contributed by atoms with E-state index < -0.39 is 17.7 Å². The summed E-state index contributed by atoms with van der Waals surface area (Å²) in [5.41, 5.74) is 1.13. The van der Waals surface area contributed by atoms with Crippen molar-refractivity contribution in [3.05, 3.63) is 29.1 Å². The van der Waals surface area contributed by atoms with Gasteiger partial charge in [-0.05, 0) is 45.2 Å². The van der Waals surface area contributed by atoms with Crippen LogP contribution in [-0.4, -0.2) is 29.3 Å². The molecule has 1 N–H and O–H groups in total. The third kappa shape index (κ3) is 6.26. The fourth-order valence-electron chi connectivity index (χ4n) is 1.91. The lowest BCUT2D eigenvalue weighted by atomic mass is 10.0. The van der Waals surface area contributed by atoms with E-state index in [1.54, 1.807) is 33.8 Å². The van der Waals surface area contributed by atoms with Crippen molar-refractivity contribution in [1.82, 2.24) is 10.3 Å². The molecule has 1 rings (SSSR count). The van der Waals surface area contributed by atoms with Crippen LogP contribution < -0.4 is 5.32 Å². The molecule has 0 aliphatic heterocycles. The van der Waals surface area contributed by atoms with Crippen LogP contribution in [0.1, 0.15) is 69.2 Å². The van der Waals surface area contributed by atoms with Crippen LogP contribution in [-0.2, 0) is 16.0 Å². The molecule has 1 aromatic rings. The summed E-state index contributed by atoms with van der Waals surface area (Å²) in [5, 5.41) is 2.63. The molecule has 1 aromatic heterocycles. The number of aromatic nitrogens is 1. The summed E-state index contributed by atoms with van der Waals surface area (Å²) in [4.78, 5) is 28.1. The highest BCUT2D eigenvalue weighted by Gasteiger charge is 2.19. The van der Waals surface area contributed by atoms with Crippen molar-refractivity contribution in [3.63, 3.8) is 0 Å². The van der Waals surface area contributed by atoms with Gasteiger partial charge in [-0.3, -0.25) is 0 Å². The number of ether oxygens (including phenoxy) is 2. The summed E-state index contributed by atoms with van der Waals surface area (Å²) in [7, 11) is 0. The predicted octanol–water partition coefficient (Wildman–Crippen LogP) is 3.41. The van der Waals surface area contributed by atoms with Crippen molar-refractivity contribution in [2.24, 2.45) is 0 Å². The molecule has 0 saturated carbocycles. The zero-order chi connectivity index (χ0) is 17.6. The van der Waals surface area contributed by atoms with Crippen molar-refractivity contribution < 1.29 is 19.1 Å². The third-order valence-corrected chi connectivity index (χ3v) is 2.89. The molecule has 128 valence electrons.